The lowest BCUT2D eigenvalue weighted by Crippen LogP contribution is -2.50. The van der Waals surface area contributed by atoms with Crippen molar-refractivity contribution in [1.29, 1.82) is 0 Å². The molecule has 2 nitrogen and oxygen atoms in total. The van der Waals surface area contributed by atoms with Gasteiger partial charge in [-0.15, -0.1) is 0 Å². The number of hydrogen-bond acceptors (Lipinski definition) is 2. The molecule has 0 spiro atoms. The Kier molecular flexibility index (Phi) is 4.60. The largest absolute Gasteiger partial charge is 0.406 e. The summed E-state index contributed by atoms with van der Waals surface area (Å²) in [4.78, 5) is 5.42. The lowest BCUT2D eigenvalue weighted by Gasteiger charge is -2.45. The Balaban J connectivity index is 2.31. The summed E-state index contributed by atoms with van der Waals surface area (Å²) in [5.74, 6) is 0. The van der Waals surface area contributed by atoms with Crippen LogP contribution in [0.25, 0.3) is 0 Å². The Morgan fingerprint density at radius 2 is 1.88 bits per heavy atom. The number of nitrogens with zero attached hydrogens (tertiary/aromatic N) is 2. The number of allylic oxidation sites excluding steroid dienone is 1. The summed E-state index contributed by atoms with van der Waals surface area (Å²) < 4.78 is 39.7. The van der Waals surface area contributed by atoms with Crippen molar-refractivity contribution in [2.45, 2.75) is 18.6 Å². The van der Waals surface area contributed by atoms with Gasteiger partial charge in [-0.3, -0.25) is 0 Å². The van der Waals surface area contributed by atoms with Crippen LogP contribution in [0.2, 0.25) is 5.02 Å². The van der Waals surface area contributed by atoms with Gasteiger partial charge in [0.25, 0.3) is 0 Å². The number of hydrogen-bond donors (Lipinski definition) is 0. The molecule has 1 heterocycles. The maximum absolute atomic E-state index is 13.2. The molecule has 1 unspecified atom stereocenters. The van der Waals surface area contributed by atoms with Crippen molar-refractivity contribution in [3.8, 4) is 0 Å². The summed E-state index contributed by atoms with van der Waals surface area (Å²) in [5, 5.41) is 0.451. The van der Waals surface area contributed by atoms with Crippen molar-refractivity contribution in [2.24, 2.45) is 4.99 Å². The fraction of sp³-hybridized carbons (Fsp3) is 0.211. The number of aliphatic imine (C=N–C) groups is 1. The van der Waals surface area contributed by atoms with E-state index < -0.39 is 18.3 Å². The molecular formula is C19H16ClF3N2. The molecule has 1 atom stereocenters. The van der Waals surface area contributed by atoms with E-state index >= 15 is 0 Å². The van der Waals surface area contributed by atoms with Gasteiger partial charge in [-0.25, -0.2) is 4.99 Å². The summed E-state index contributed by atoms with van der Waals surface area (Å²) in [6.45, 7) is 0.661. The van der Waals surface area contributed by atoms with E-state index in [9.17, 15) is 13.2 Å². The van der Waals surface area contributed by atoms with Crippen LogP contribution >= 0.6 is 11.6 Å². The van der Waals surface area contributed by atoms with Gasteiger partial charge in [0.15, 0.2) is 0 Å². The first-order valence-electron chi connectivity index (χ1n) is 7.74. The average molecular weight is 365 g/mol. The highest BCUT2D eigenvalue weighted by molar-refractivity contribution is 6.30. The van der Waals surface area contributed by atoms with Crippen LogP contribution in [0.4, 0.5) is 18.9 Å². The van der Waals surface area contributed by atoms with Crippen molar-refractivity contribution in [3.63, 3.8) is 0 Å². The van der Waals surface area contributed by atoms with Gasteiger partial charge in [0.05, 0.1) is 12.0 Å². The second-order valence-corrected chi connectivity index (χ2v) is 6.22. The van der Waals surface area contributed by atoms with E-state index in [-0.39, 0.29) is 0 Å². The third kappa shape index (κ3) is 3.29. The molecule has 1 aliphatic heterocycles. The summed E-state index contributed by atoms with van der Waals surface area (Å²) in [5.41, 5.74) is 0.806. The van der Waals surface area contributed by atoms with Gasteiger partial charge >= 0.3 is 6.18 Å². The van der Waals surface area contributed by atoms with Crippen molar-refractivity contribution in [1.82, 2.24) is 4.90 Å². The van der Waals surface area contributed by atoms with Crippen LogP contribution in [0.1, 0.15) is 18.1 Å². The monoisotopic (exact) mass is 364 g/mol. The molecule has 0 fully saturated rings. The molecule has 6 heteroatoms. The highest BCUT2D eigenvalue weighted by Crippen LogP contribution is 2.46. The second kappa shape index (κ2) is 6.56. The molecule has 0 saturated carbocycles. The molecule has 0 amide bonds. The summed E-state index contributed by atoms with van der Waals surface area (Å²) in [6.07, 6.45) is 0.398. The average Bonchev–Trinajstić information content (AvgIpc) is 2.57. The molecule has 0 bridgehead atoms. The van der Waals surface area contributed by atoms with Crippen LogP contribution in [0.15, 0.2) is 65.7 Å². The van der Waals surface area contributed by atoms with Crippen molar-refractivity contribution >= 4 is 23.6 Å². The van der Waals surface area contributed by atoms with Crippen LogP contribution in [0.3, 0.4) is 0 Å². The second-order valence-electron chi connectivity index (χ2n) is 5.78. The summed E-state index contributed by atoms with van der Waals surface area (Å²) >= 11 is 6.16. The molecule has 0 saturated heterocycles. The van der Waals surface area contributed by atoms with Crippen LogP contribution in [-0.4, -0.2) is 24.0 Å². The number of fused-ring (bicyclic) bond motifs is 1. The predicted molar refractivity (Wildman–Crippen MR) is 94.4 cm³/mol. The standard InChI is InChI=1S/C19H16ClF3N2/c1-2-10-18(14-6-4-3-5-7-14)16-11-15(20)8-9-17(16)24-13-25(18)12-19(21,22)23/h2-11,13H,12H2,1H3/b10-2+. The minimum atomic E-state index is -4.37. The first kappa shape index (κ1) is 17.5. The van der Waals surface area contributed by atoms with Gasteiger partial charge in [-0.1, -0.05) is 54.1 Å². The van der Waals surface area contributed by atoms with Crippen LogP contribution < -0.4 is 0 Å². The van der Waals surface area contributed by atoms with E-state index in [1.165, 1.54) is 11.2 Å². The van der Waals surface area contributed by atoms with Gasteiger partial charge in [-0.05, 0) is 30.7 Å². The molecule has 3 rings (SSSR count). The fourth-order valence-electron chi connectivity index (χ4n) is 3.20. The van der Waals surface area contributed by atoms with Crippen molar-refractivity contribution in [2.75, 3.05) is 6.54 Å². The van der Waals surface area contributed by atoms with E-state index in [4.69, 9.17) is 11.6 Å². The molecular weight excluding hydrogens is 349 g/mol. The lowest BCUT2D eigenvalue weighted by molar-refractivity contribution is -0.143. The topological polar surface area (TPSA) is 15.6 Å². The minimum Gasteiger partial charge on any atom is -0.336 e. The normalized spacial score (nSPS) is 20.1. The zero-order valence-corrected chi connectivity index (χ0v) is 14.2. The predicted octanol–water partition coefficient (Wildman–Crippen LogP) is 5.70. The van der Waals surface area contributed by atoms with Gasteiger partial charge in [0.1, 0.15) is 12.1 Å². The Labute approximate surface area is 149 Å². The summed E-state index contributed by atoms with van der Waals surface area (Å²) in [6, 6.07) is 14.2. The zero-order valence-electron chi connectivity index (χ0n) is 13.5. The van der Waals surface area contributed by atoms with Crippen molar-refractivity contribution < 1.29 is 13.2 Å². The maximum Gasteiger partial charge on any atom is 0.406 e. The molecule has 0 radical (unpaired) electrons. The van der Waals surface area contributed by atoms with Crippen LogP contribution in [0, 0.1) is 0 Å². The third-order valence-electron chi connectivity index (χ3n) is 4.13. The molecule has 0 N–H and O–H groups in total. The minimum absolute atomic E-state index is 0.451. The first-order valence-corrected chi connectivity index (χ1v) is 8.12. The van der Waals surface area contributed by atoms with E-state index in [0.717, 1.165) is 0 Å². The van der Waals surface area contributed by atoms with E-state index in [0.29, 0.717) is 21.8 Å². The molecule has 1 aliphatic rings. The Morgan fingerprint density at radius 3 is 2.52 bits per heavy atom. The highest BCUT2D eigenvalue weighted by atomic mass is 35.5. The number of rotatable bonds is 3. The van der Waals surface area contributed by atoms with Gasteiger partial charge in [0.2, 0.25) is 0 Å². The number of benzene rings is 2. The van der Waals surface area contributed by atoms with E-state index in [1.54, 1.807) is 37.3 Å². The van der Waals surface area contributed by atoms with Gasteiger partial charge in [0, 0.05) is 10.6 Å². The van der Waals surface area contributed by atoms with Crippen molar-refractivity contribution in [3.05, 3.63) is 76.8 Å². The molecule has 2 aromatic rings. The fourth-order valence-corrected chi connectivity index (χ4v) is 3.37. The smallest absolute Gasteiger partial charge is 0.336 e. The Morgan fingerprint density at radius 1 is 1.16 bits per heavy atom. The quantitative estimate of drug-likeness (QED) is 0.638. The third-order valence-corrected chi connectivity index (χ3v) is 4.36. The molecule has 130 valence electrons. The highest BCUT2D eigenvalue weighted by Gasteiger charge is 2.45. The van der Waals surface area contributed by atoms with Crippen LogP contribution in [0.5, 0.6) is 0 Å². The van der Waals surface area contributed by atoms with Gasteiger partial charge < -0.3 is 4.90 Å². The number of alkyl halides is 3. The first-order chi connectivity index (χ1) is 11.9. The van der Waals surface area contributed by atoms with E-state index in [1.807, 2.05) is 30.3 Å². The zero-order chi connectivity index (χ0) is 18.1. The van der Waals surface area contributed by atoms with E-state index in [2.05, 4.69) is 4.99 Å². The molecule has 2 aromatic carbocycles. The number of halogens is 4. The molecule has 25 heavy (non-hydrogen) atoms. The Bertz CT molecular complexity index is 815. The Hall–Kier alpha value is -2.27. The SMILES string of the molecule is C/C=C/C1(c2ccccc2)c2cc(Cl)ccc2N=CN1CC(F)(F)F. The summed E-state index contributed by atoms with van der Waals surface area (Å²) in [7, 11) is 0. The molecule has 0 aromatic heterocycles. The maximum atomic E-state index is 13.2. The van der Waals surface area contributed by atoms with Gasteiger partial charge in [-0.2, -0.15) is 13.2 Å². The van der Waals surface area contributed by atoms with Crippen LogP contribution in [-0.2, 0) is 5.54 Å². The lowest BCUT2D eigenvalue weighted by atomic mass is 9.79. The molecule has 0 aliphatic carbocycles.